The van der Waals surface area contributed by atoms with Gasteiger partial charge in [-0.05, 0) is 50.7 Å². The number of thiophene rings is 1. The van der Waals surface area contributed by atoms with Gasteiger partial charge in [-0.3, -0.25) is 9.88 Å². The summed E-state index contributed by atoms with van der Waals surface area (Å²) in [5, 5.41) is 3.47. The molecule has 0 saturated heterocycles. The fourth-order valence-corrected chi connectivity index (χ4v) is 3.36. The minimum absolute atomic E-state index is 0.888. The van der Waals surface area contributed by atoms with Crippen LogP contribution in [0.4, 0.5) is 0 Å². The van der Waals surface area contributed by atoms with Crippen molar-refractivity contribution in [1.29, 1.82) is 0 Å². The van der Waals surface area contributed by atoms with Crippen LogP contribution in [-0.4, -0.2) is 23.5 Å². The number of hydrogen-bond acceptors (Lipinski definition) is 4. The van der Waals surface area contributed by atoms with E-state index in [-0.39, 0.29) is 0 Å². The maximum Gasteiger partial charge on any atom is 0.0543 e. The van der Waals surface area contributed by atoms with Crippen LogP contribution in [0, 0.1) is 6.92 Å². The molecule has 2 heterocycles. The molecule has 4 heteroatoms. The highest BCUT2D eigenvalue weighted by molar-refractivity contribution is 7.12. The molecule has 0 fully saturated rings. The standard InChI is InChI=1S/C17H25N3S/c1-4-8-18-11-17-10-15(14(2)21-17)12-20(3)13-16-7-5-6-9-19-16/h5-7,9-10,18H,4,8,11-13H2,1-3H3. The molecular weight excluding hydrogens is 278 g/mol. The Kier molecular flexibility index (Phi) is 6.36. The van der Waals surface area contributed by atoms with Crippen LogP contribution in [0.1, 0.15) is 34.4 Å². The van der Waals surface area contributed by atoms with Crippen molar-refractivity contribution in [3.05, 3.63) is 51.5 Å². The third-order valence-electron chi connectivity index (χ3n) is 3.40. The fourth-order valence-electron chi connectivity index (χ4n) is 2.33. The van der Waals surface area contributed by atoms with Crippen LogP contribution in [0.2, 0.25) is 0 Å². The lowest BCUT2D eigenvalue weighted by Crippen LogP contribution is -2.18. The SMILES string of the molecule is CCCNCc1cc(CN(C)Cc2ccccn2)c(C)s1. The van der Waals surface area contributed by atoms with Crippen LogP contribution in [0.15, 0.2) is 30.5 Å². The zero-order valence-corrected chi connectivity index (χ0v) is 14.0. The molecule has 0 aliphatic heterocycles. The summed E-state index contributed by atoms with van der Waals surface area (Å²) in [7, 11) is 2.15. The van der Waals surface area contributed by atoms with Gasteiger partial charge in [0.15, 0.2) is 0 Å². The second-order valence-corrected chi connectivity index (χ2v) is 6.81. The number of aromatic nitrogens is 1. The molecule has 0 saturated carbocycles. The smallest absolute Gasteiger partial charge is 0.0543 e. The zero-order valence-electron chi connectivity index (χ0n) is 13.2. The van der Waals surface area contributed by atoms with Crippen molar-refractivity contribution >= 4 is 11.3 Å². The summed E-state index contributed by atoms with van der Waals surface area (Å²) >= 11 is 1.91. The van der Waals surface area contributed by atoms with Crippen molar-refractivity contribution in [1.82, 2.24) is 15.2 Å². The second kappa shape index (κ2) is 8.27. The molecule has 2 rings (SSSR count). The van der Waals surface area contributed by atoms with E-state index in [1.165, 1.54) is 21.7 Å². The molecule has 0 aromatic carbocycles. The van der Waals surface area contributed by atoms with Gasteiger partial charge in [0.05, 0.1) is 5.69 Å². The molecule has 0 bridgehead atoms. The van der Waals surface area contributed by atoms with Crippen molar-refractivity contribution in [3.8, 4) is 0 Å². The second-order valence-electron chi connectivity index (χ2n) is 5.46. The summed E-state index contributed by atoms with van der Waals surface area (Å²) in [5.74, 6) is 0. The molecule has 0 aliphatic carbocycles. The predicted octanol–water partition coefficient (Wildman–Crippen LogP) is 3.58. The van der Waals surface area contributed by atoms with Gasteiger partial charge >= 0.3 is 0 Å². The molecule has 0 radical (unpaired) electrons. The van der Waals surface area contributed by atoms with E-state index in [0.717, 1.165) is 31.9 Å². The van der Waals surface area contributed by atoms with Gasteiger partial charge < -0.3 is 5.32 Å². The Hall–Kier alpha value is -1.23. The van der Waals surface area contributed by atoms with Crippen molar-refractivity contribution in [2.45, 2.75) is 39.9 Å². The summed E-state index contributed by atoms with van der Waals surface area (Å²) in [6.07, 6.45) is 3.04. The number of rotatable bonds is 8. The van der Waals surface area contributed by atoms with Crippen molar-refractivity contribution in [3.63, 3.8) is 0 Å². The maximum atomic E-state index is 4.39. The molecule has 3 nitrogen and oxygen atoms in total. The van der Waals surface area contributed by atoms with Gasteiger partial charge in [0.1, 0.15) is 0 Å². The van der Waals surface area contributed by atoms with Crippen LogP contribution in [0.5, 0.6) is 0 Å². The first-order valence-electron chi connectivity index (χ1n) is 7.56. The van der Waals surface area contributed by atoms with Crippen LogP contribution >= 0.6 is 11.3 Å². The third kappa shape index (κ3) is 5.23. The first-order chi connectivity index (χ1) is 10.2. The third-order valence-corrected chi connectivity index (χ3v) is 4.49. The molecule has 0 atom stereocenters. The Morgan fingerprint density at radius 2 is 2.14 bits per heavy atom. The predicted molar refractivity (Wildman–Crippen MR) is 90.5 cm³/mol. The largest absolute Gasteiger partial charge is 0.312 e. The van der Waals surface area contributed by atoms with Crippen molar-refractivity contribution in [2.24, 2.45) is 0 Å². The lowest BCUT2D eigenvalue weighted by Gasteiger charge is -2.15. The quantitative estimate of drug-likeness (QED) is 0.756. The lowest BCUT2D eigenvalue weighted by molar-refractivity contribution is 0.315. The first kappa shape index (κ1) is 16.1. The number of pyridine rings is 1. The summed E-state index contributed by atoms with van der Waals surface area (Å²) in [6.45, 7) is 8.37. The lowest BCUT2D eigenvalue weighted by atomic mass is 10.2. The Morgan fingerprint density at radius 1 is 1.29 bits per heavy atom. The van der Waals surface area contributed by atoms with E-state index in [1.807, 2.05) is 29.7 Å². The monoisotopic (exact) mass is 303 g/mol. The van der Waals surface area contributed by atoms with Crippen molar-refractivity contribution < 1.29 is 0 Å². The van der Waals surface area contributed by atoms with Crippen molar-refractivity contribution in [2.75, 3.05) is 13.6 Å². The van der Waals surface area contributed by atoms with Gasteiger partial charge in [0, 0.05) is 35.6 Å². The van der Waals surface area contributed by atoms with E-state index in [9.17, 15) is 0 Å². The molecule has 0 spiro atoms. The van der Waals surface area contributed by atoms with Gasteiger partial charge in [-0.1, -0.05) is 13.0 Å². The molecule has 2 aromatic heterocycles. The Balaban J connectivity index is 1.89. The first-order valence-corrected chi connectivity index (χ1v) is 8.38. The summed E-state index contributed by atoms with van der Waals surface area (Å²) in [6, 6.07) is 8.43. The number of hydrogen-bond donors (Lipinski definition) is 1. The van der Waals surface area contributed by atoms with E-state index >= 15 is 0 Å². The maximum absolute atomic E-state index is 4.39. The van der Waals surface area contributed by atoms with E-state index < -0.39 is 0 Å². The van der Waals surface area contributed by atoms with E-state index in [0.29, 0.717) is 0 Å². The fraction of sp³-hybridized carbons (Fsp3) is 0.471. The molecular formula is C17H25N3S. The molecule has 0 aliphatic rings. The Bertz CT molecular complexity index is 536. The Morgan fingerprint density at radius 3 is 2.86 bits per heavy atom. The molecule has 114 valence electrons. The topological polar surface area (TPSA) is 28.2 Å². The van der Waals surface area contributed by atoms with Crippen LogP contribution in [-0.2, 0) is 19.6 Å². The molecule has 0 unspecified atom stereocenters. The Labute approximate surface area is 132 Å². The molecule has 1 N–H and O–H groups in total. The number of nitrogens with zero attached hydrogens (tertiary/aromatic N) is 2. The van der Waals surface area contributed by atoms with Gasteiger partial charge in [-0.2, -0.15) is 0 Å². The van der Waals surface area contributed by atoms with Gasteiger partial charge in [-0.15, -0.1) is 11.3 Å². The highest BCUT2D eigenvalue weighted by atomic mass is 32.1. The van der Waals surface area contributed by atoms with E-state index in [2.05, 4.69) is 48.2 Å². The minimum Gasteiger partial charge on any atom is -0.312 e. The van der Waals surface area contributed by atoms with Crippen LogP contribution < -0.4 is 5.32 Å². The number of nitrogens with one attached hydrogen (secondary N) is 1. The number of aryl methyl sites for hydroxylation is 1. The highest BCUT2D eigenvalue weighted by Crippen LogP contribution is 2.23. The average Bonchev–Trinajstić information content (AvgIpc) is 2.80. The normalized spacial score (nSPS) is 11.2. The average molecular weight is 303 g/mol. The van der Waals surface area contributed by atoms with Gasteiger partial charge in [-0.25, -0.2) is 0 Å². The van der Waals surface area contributed by atoms with Crippen LogP contribution in [0.25, 0.3) is 0 Å². The van der Waals surface area contributed by atoms with E-state index in [4.69, 9.17) is 0 Å². The summed E-state index contributed by atoms with van der Waals surface area (Å²) in [4.78, 5) is 9.57. The van der Waals surface area contributed by atoms with Gasteiger partial charge in [0.25, 0.3) is 0 Å². The minimum atomic E-state index is 0.888. The highest BCUT2D eigenvalue weighted by Gasteiger charge is 2.09. The van der Waals surface area contributed by atoms with Gasteiger partial charge in [0.2, 0.25) is 0 Å². The molecule has 21 heavy (non-hydrogen) atoms. The van der Waals surface area contributed by atoms with E-state index in [1.54, 1.807) is 0 Å². The van der Waals surface area contributed by atoms with Crippen LogP contribution in [0.3, 0.4) is 0 Å². The molecule has 2 aromatic rings. The zero-order chi connectivity index (χ0) is 15.1. The molecule has 0 amide bonds. The summed E-state index contributed by atoms with van der Waals surface area (Å²) < 4.78 is 0. The summed E-state index contributed by atoms with van der Waals surface area (Å²) in [5.41, 5.74) is 2.56.